The van der Waals surface area contributed by atoms with E-state index in [0.29, 0.717) is 6.54 Å². The number of carbonyl (C=O) groups is 2. The molecule has 1 aliphatic rings. The normalized spacial score (nSPS) is 16.4. The third-order valence-corrected chi connectivity index (χ3v) is 4.05. The van der Waals surface area contributed by atoms with Crippen molar-refractivity contribution in [2.24, 2.45) is 0 Å². The Balaban J connectivity index is 2.12. The van der Waals surface area contributed by atoms with Gasteiger partial charge in [0, 0.05) is 12.2 Å². The molecule has 1 aromatic carbocycles. The fourth-order valence-corrected chi connectivity index (χ4v) is 3.03. The Morgan fingerprint density at radius 1 is 1.24 bits per heavy atom. The van der Waals surface area contributed by atoms with Crippen molar-refractivity contribution in [3.63, 3.8) is 0 Å². The molecule has 21 heavy (non-hydrogen) atoms. The van der Waals surface area contributed by atoms with Gasteiger partial charge in [-0.05, 0) is 31.9 Å². The number of carbonyl (C=O) groups excluding carboxylic acids is 1. The smallest absolute Gasteiger partial charge is 0.322 e. The van der Waals surface area contributed by atoms with E-state index in [9.17, 15) is 9.59 Å². The summed E-state index contributed by atoms with van der Waals surface area (Å²) >= 11 is 0. The molecule has 0 heterocycles. The molecule has 1 aliphatic carbocycles. The van der Waals surface area contributed by atoms with Crippen molar-refractivity contribution in [2.45, 2.75) is 44.6 Å². The number of carboxylic acid groups (broad SMARTS) is 1. The van der Waals surface area contributed by atoms with E-state index in [4.69, 9.17) is 5.11 Å². The van der Waals surface area contributed by atoms with Crippen LogP contribution in [0, 0.1) is 0 Å². The fraction of sp³-hybridized carbons (Fsp3) is 0.500. The number of benzene rings is 1. The van der Waals surface area contributed by atoms with Crippen molar-refractivity contribution in [1.29, 1.82) is 0 Å². The van der Waals surface area contributed by atoms with Gasteiger partial charge in [0.05, 0.1) is 12.0 Å². The molecule has 114 valence electrons. The molecule has 5 heteroatoms. The van der Waals surface area contributed by atoms with Crippen LogP contribution in [0.25, 0.3) is 0 Å². The highest BCUT2D eigenvalue weighted by atomic mass is 16.4. The topological polar surface area (TPSA) is 69.6 Å². The Morgan fingerprint density at radius 3 is 2.38 bits per heavy atom. The maximum Gasteiger partial charge on any atom is 0.322 e. The zero-order valence-electron chi connectivity index (χ0n) is 12.3. The highest BCUT2D eigenvalue weighted by Crippen LogP contribution is 2.33. The number of urea groups is 1. The summed E-state index contributed by atoms with van der Waals surface area (Å²) in [5.41, 5.74) is 0.228. The number of carboxylic acids is 1. The summed E-state index contributed by atoms with van der Waals surface area (Å²) in [7, 11) is 0. The lowest BCUT2D eigenvalue weighted by atomic mass is 9.93. The van der Waals surface area contributed by atoms with Gasteiger partial charge >= 0.3 is 12.0 Å². The summed E-state index contributed by atoms with van der Waals surface area (Å²) in [6.07, 6.45) is 3.38. The fourth-order valence-electron chi connectivity index (χ4n) is 3.03. The number of nitrogens with one attached hydrogen (secondary N) is 1. The van der Waals surface area contributed by atoms with Gasteiger partial charge < -0.3 is 10.4 Å². The van der Waals surface area contributed by atoms with E-state index >= 15 is 0 Å². The van der Waals surface area contributed by atoms with Gasteiger partial charge in [-0.1, -0.05) is 31.0 Å². The van der Waals surface area contributed by atoms with Gasteiger partial charge in [-0.15, -0.1) is 0 Å². The molecule has 2 amide bonds. The standard InChI is InChI=1S/C16H22N2O3/c1-2-18(13-8-4-3-5-9-13)15(21)17-16(12-14(19)20)10-6-7-11-16/h3-5,8-9H,2,6-7,10-12H2,1H3,(H,17,21)(H,19,20). The third kappa shape index (κ3) is 3.74. The quantitative estimate of drug-likeness (QED) is 0.875. The predicted octanol–water partition coefficient (Wildman–Crippen LogP) is 3.01. The number of rotatable bonds is 5. The molecule has 0 spiro atoms. The predicted molar refractivity (Wildman–Crippen MR) is 81.4 cm³/mol. The van der Waals surface area contributed by atoms with Crippen LogP contribution in [-0.2, 0) is 4.79 Å². The Labute approximate surface area is 125 Å². The largest absolute Gasteiger partial charge is 0.481 e. The summed E-state index contributed by atoms with van der Waals surface area (Å²) in [5, 5.41) is 12.1. The maximum absolute atomic E-state index is 12.5. The van der Waals surface area contributed by atoms with Gasteiger partial charge in [0.15, 0.2) is 0 Å². The second-order valence-electron chi connectivity index (χ2n) is 5.57. The minimum atomic E-state index is -0.861. The molecule has 2 N–H and O–H groups in total. The van der Waals surface area contributed by atoms with Gasteiger partial charge in [0.2, 0.25) is 0 Å². The van der Waals surface area contributed by atoms with Gasteiger partial charge in [-0.3, -0.25) is 9.69 Å². The number of aliphatic carboxylic acids is 1. The molecular weight excluding hydrogens is 268 g/mol. The minimum absolute atomic E-state index is 0.00885. The van der Waals surface area contributed by atoms with E-state index in [1.54, 1.807) is 4.90 Å². The lowest BCUT2D eigenvalue weighted by molar-refractivity contribution is -0.138. The van der Waals surface area contributed by atoms with E-state index in [1.165, 1.54) is 0 Å². The molecule has 1 saturated carbocycles. The van der Waals surface area contributed by atoms with Crippen molar-refractivity contribution in [2.75, 3.05) is 11.4 Å². The minimum Gasteiger partial charge on any atom is -0.481 e. The van der Waals surface area contributed by atoms with Crippen LogP contribution in [0.2, 0.25) is 0 Å². The zero-order chi connectivity index (χ0) is 15.3. The first-order valence-corrected chi connectivity index (χ1v) is 7.43. The molecule has 0 bridgehead atoms. The van der Waals surface area contributed by atoms with Gasteiger partial charge in [-0.25, -0.2) is 4.79 Å². The van der Waals surface area contributed by atoms with E-state index < -0.39 is 11.5 Å². The first-order chi connectivity index (χ1) is 10.1. The second-order valence-corrected chi connectivity index (χ2v) is 5.57. The van der Waals surface area contributed by atoms with Crippen LogP contribution in [-0.4, -0.2) is 29.2 Å². The monoisotopic (exact) mass is 290 g/mol. The Hall–Kier alpha value is -2.04. The third-order valence-electron chi connectivity index (χ3n) is 4.05. The molecular formula is C16H22N2O3. The van der Waals surface area contributed by atoms with Crippen LogP contribution in [0.4, 0.5) is 10.5 Å². The van der Waals surface area contributed by atoms with Crippen molar-refractivity contribution >= 4 is 17.7 Å². The number of anilines is 1. The summed E-state index contributed by atoms with van der Waals surface area (Å²) in [6.45, 7) is 2.45. The van der Waals surface area contributed by atoms with Crippen LogP contribution < -0.4 is 10.2 Å². The second kappa shape index (κ2) is 6.61. The summed E-state index contributed by atoms with van der Waals surface area (Å²) in [4.78, 5) is 25.3. The number of nitrogens with zero attached hydrogens (tertiary/aromatic N) is 1. The maximum atomic E-state index is 12.5. The molecule has 1 fully saturated rings. The molecule has 0 unspecified atom stereocenters. The van der Waals surface area contributed by atoms with Crippen LogP contribution in [0.15, 0.2) is 30.3 Å². The number of hydrogen-bond donors (Lipinski definition) is 2. The van der Waals surface area contributed by atoms with Gasteiger partial charge in [0.1, 0.15) is 0 Å². The van der Waals surface area contributed by atoms with E-state index in [1.807, 2.05) is 37.3 Å². The lowest BCUT2D eigenvalue weighted by Crippen LogP contribution is -2.53. The Morgan fingerprint density at radius 2 is 1.86 bits per heavy atom. The molecule has 1 aromatic rings. The number of para-hydroxylation sites is 1. The number of amides is 2. The average Bonchev–Trinajstić information content (AvgIpc) is 2.88. The molecule has 0 atom stereocenters. The van der Waals surface area contributed by atoms with Crippen LogP contribution in [0.3, 0.4) is 0 Å². The summed E-state index contributed by atoms with van der Waals surface area (Å²) in [6, 6.07) is 9.20. The van der Waals surface area contributed by atoms with Gasteiger partial charge in [-0.2, -0.15) is 0 Å². The molecule has 0 aliphatic heterocycles. The van der Waals surface area contributed by atoms with E-state index in [2.05, 4.69) is 5.32 Å². The van der Waals surface area contributed by atoms with Crippen LogP contribution in [0.1, 0.15) is 39.0 Å². The number of hydrogen-bond acceptors (Lipinski definition) is 2. The van der Waals surface area contributed by atoms with Crippen molar-refractivity contribution in [3.8, 4) is 0 Å². The molecule has 0 saturated heterocycles. The average molecular weight is 290 g/mol. The van der Waals surface area contributed by atoms with E-state index in [0.717, 1.165) is 31.4 Å². The van der Waals surface area contributed by atoms with Crippen LogP contribution in [0.5, 0.6) is 0 Å². The molecule has 0 aromatic heterocycles. The van der Waals surface area contributed by atoms with Crippen LogP contribution >= 0.6 is 0 Å². The highest BCUT2D eigenvalue weighted by Gasteiger charge is 2.38. The molecule has 2 rings (SSSR count). The van der Waals surface area contributed by atoms with Gasteiger partial charge in [0.25, 0.3) is 0 Å². The summed E-state index contributed by atoms with van der Waals surface area (Å²) in [5.74, 6) is -0.861. The molecule has 5 nitrogen and oxygen atoms in total. The Kier molecular flexibility index (Phi) is 4.83. The van der Waals surface area contributed by atoms with Crippen molar-refractivity contribution in [3.05, 3.63) is 30.3 Å². The zero-order valence-corrected chi connectivity index (χ0v) is 12.3. The highest BCUT2D eigenvalue weighted by molar-refractivity contribution is 5.92. The summed E-state index contributed by atoms with van der Waals surface area (Å²) < 4.78 is 0. The Bertz CT molecular complexity index is 496. The SMILES string of the molecule is CCN(C(=O)NC1(CC(=O)O)CCCC1)c1ccccc1. The van der Waals surface area contributed by atoms with Crippen molar-refractivity contribution in [1.82, 2.24) is 5.32 Å². The first kappa shape index (κ1) is 15.4. The lowest BCUT2D eigenvalue weighted by Gasteiger charge is -2.32. The van der Waals surface area contributed by atoms with E-state index in [-0.39, 0.29) is 12.5 Å². The molecule has 0 radical (unpaired) electrons. The first-order valence-electron chi connectivity index (χ1n) is 7.43. The van der Waals surface area contributed by atoms with Crippen molar-refractivity contribution < 1.29 is 14.7 Å².